The van der Waals surface area contributed by atoms with Gasteiger partial charge in [0, 0.05) is 0 Å². The first kappa shape index (κ1) is 21.5. The minimum Gasteiger partial charge on any atom is -0.438 e. The summed E-state index contributed by atoms with van der Waals surface area (Å²) >= 11 is 0. The molecule has 1 fully saturated rings. The Morgan fingerprint density at radius 1 is 0.750 bits per heavy atom. The van der Waals surface area contributed by atoms with E-state index in [0.717, 1.165) is 6.42 Å². The van der Waals surface area contributed by atoms with Crippen LogP contribution in [-0.4, -0.2) is 18.9 Å². The summed E-state index contributed by atoms with van der Waals surface area (Å²) in [6.45, 7) is 2.44. The Labute approximate surface area is 149 Å². The Hall–Kier alpha value is -0.570. The molecule has 142 valence electrons. The molecule has 0 spiro atoms. The molecule has 1 unspecified atom stereocenters. The molecule has 0 aromatic carbocycles. The van der Waals surface area contributed by atoms with Crippen molar-refractivity contribution in [3.63, 3.8) is 0 Å². The quantitative estimate of drug-likeness (QED) is 0.236. The standard InChI is InChI=1S/C21H40O3/c1-2-3-4-5-6-7-8-9-10-11-12-13-14-15-16-17-20-18-21(22)24-19-23-20/h20H,2-19H2,1H3. The van der Waals surface area contributed by atoms with Crippen LogP contribution < -0.4 is 0 Å². The maximum Gasteiger partial charge on any atom is 0.310 e. The van der Waals surface area contributed by atoms with Gasteiger partial charge < -0.3 is 9.47 Å². The Bertz CT molecular complexity index is 291. The zero-order valence-corrected chi connectivity index (χ0v) is 16.0. The molecule has 1 rings (SSSR count). The lowest BCUT2D eigenvalue weighted by molar-refractivity contribution is -0.181. The molecule has 0 saturated carbocycles. The molecule has 0 radical (unpaired) electrons. The molecule has 0 N–H and O–H groups in total. The molecule has 1 atom stereocenters. The van der Waals surface area contributed by atoms with Gasteiger partial charge in [0.25, 0.3) is 0 Å². The zero-order valence-electron chi connectivity index (χ0n) is 16.0. The van der Waals surface area contributed by atoms with Crippen LogP contribution in [0.5, 0.6) is 0 Å². The third-order valence-corrected chi connectivity index (χ3v) is 5.05. The van der Waals surface area contributed by atoms with E-state index in [0.29, 0.717) is 6.42 Å². The van der Waals surface area contributed by atoms with E-state index < -0.39 is 0 Å². The number of cyclic esters (lactones) is 1. The molecule has 0 aromatic rings. The summed E-state index contributed by atoms with van der Waals surface area (Å²) < 4.78 is 10.2. The van der Waals surface area contributed by atoms with Gasteiger partial charge in [0.15, 0.2) is 6.79 Å². The van der Waals surface area contributed by atoms with E-state index in [-0.39, 0.29) is 18.9 Å². The Morgan fingerprint density at radius 2 is 1.21 bits per heavy atom. The molecule has 0 aromatic heterocycles. The predicted octanol–water partition coefficient (Wildman–Crippen LogP) is 6.54. The highest BCUT2D eigenvalue weighted by atomic mass is 16.7. The van der Waals surface area contributed by atoms with Gasteiger partial charge in [-0.2, -0.15) is 0 Å². The van der Waals surface area contributed by atoms with Crippen LogP contribution in [0.15, 0.2) is 0 Å². The fraction of sp³-hybridized carbons (Fsp3) is 0.952. The Balaban J connectivity index is 1.71. The Morgan fingerprint density at radius 3 is 1.67 bits per heavy atom. The third-order valence-electron chi connectivity index (χ3n) is 5.05. The maximum atomic E-state index is 11.1. The second kappa shape index (κ2) is 15.9. The van der Waals surface area contributed by atoms with Crippen LogP contribution in [0.1, 0.15) is 116 Å². The molecular formula is C21H40O3. The van der Waals surface area contributed by atoms with E-state index in [4.69, 9.17) is 9.47 Å². The zero-order chi connectivity index (χ0) is 17.3. The van der Waals surface area contributed by atoms with Crippen LogP contribution in [0.25, 0.3) is 0 Å². The SMILES string of the molecule is CCCCCCCCCCCCCCCCCC1CC(=O)OCO1. The molecule has 3 nitrogen and oxygen atoms in total. The molecule has 3 heteroatoms. The summed E-state index contributed by atoms with van der Waals surface area (Å²) in [5.74, 6) is -0.104. The number of carbonyl (C=O) groups is 1. The molecule has 0 amide bonds. The number of carbonyl (C=O) groups excluding carboxylic acids is 1. The summed E-state index contributed by atoms with van der Waals surface area (Å²) in [6, 6.07) is 0. The molecule has 0 aliphatic carbocycles. The predicted molar refractivity (Wildman–Crippen MR) is 100.0 cm³/mol. The number of hydrogen-bond donors (Lipinski definition) is 0. The van der Waals surface area contributed by atoms with Crippen molar-refractivity contribution in [1.82, 2.24) is 0 Å². The fourth-order valence-corrected chi connectivity index (χ4v) is 3.43. The highest BCUT2D eigenvalue weighted by Crippen LogP contribution is 2.17. The average molecular weight is 341 g/mol. The lowest BCUT2D eigenvalue weighted by Crippen LogP contribution is -2.27. The van der Waals surface area contributed by atoms with Gasteiger partial charge in [-0.25, -0.2) is 0 Å². The van der Waals surface area contributed by atoms with Crippen molar-refractivity contribution in [1.29, 1.82) is 0 Å². The molecule has 1 heterocycles. The van der Waals surface area contributed by atoms with Gasteiger partial charge in [0.05, 0.1) is 12.5 Å². The molecule has 1 aliphatic heterocycles. The monoisotopic (exact) mass is 340 g/mol. The van der Waals surface area contributed by atoms with Crippen molar-refractivity contribution >= 4 is 5.97 Å². The average Bonchev–Trinajstić information content (AvgIpc) is 2.58. The van der Waals surface area contributed by atoms with Gasteiger partial charge in [-0.1, -0.05) is 103 Å². The highest BCUT2D eigenvalue weighted by Gasteiger charge is 2.20. The van der Waals surface area contributed by atoms with Crippen LogP contribution in [0.3, 0.4) is 0 Å². The molecule has 1 saturated heterocycles. The van der Waals surface area contributed by atoms with Gasteiger partial charge in [-0.15, -0.1) is 0 Å². The summed E-state index contributed by atoms with van der Waals surface area (Å²) in [5, 5.41) is 0. The third kappa shape index (κ3) is 12.8. The summed E-state index contributed by atoms with van der Waals surface area (Å²) in [7, 11) is 0. The van der Waals surface area contributed by atoms with Crippen LogP contribution in [0, 0.1) is 0 Å². The Kier molecular flexibility index (Phi) is 14.3. The normalized spacial score (nSPS) is 17.9. The van der Waals surface area contributed by atoms with Crippen LogP contribution >= 0.6 is 0 Å². The molecular weight excluding hydrogens is 300 g/mol. The minimum absolute atomic E-state index is 0.104. The summed E-state index contributed by atoms with van der Waals surface area (Å²) in [5.41, 5.74) is 0. The number of rotatable bonds is 16. The van der Waals surface area contributed by atoms with E-state index in [1.807, 2.05) is 0 Å². The summed E-state index contributed by atoms with van der Waals surface area (Å²) in [4.78, 5) is 11.1. The van der Waals surface area contributed by atoms with Crippen LogP contribution in [0.4, 0.5) is 0 Å². The largest absolute Gasteiger partial charge is 0.438 e. The number of ether oxygens (including phenoxy) is 2. The molecule has 0 bridgehead atoms. The lowest BCUT2D eigenvalue weighted by atomic mass is 10.0. The van der Waals surface area contributed by atoms with E-state index in [9.17, 15) is 4.79 Å². The number of hydrogen-bond acceptors (Lipinski definition) is 3. The number of esters is 1. The van der Waals surface area contributed by atoms with Gasteiger partial charge in [0.1, 0.15) is 0 Å². The topological polar surface area (TPSA) is 35.5 Å². The van der Waals surface area contributed by atoms with Crippen molar-refractivity contribution in [3.05, 3.63) is 0 Å². The summed E-state index contributed by atoms with van der Waals surface area (Å²) in [6.07, 6.45) is 22.3. The van der Waals surface area contributed by atoms with Crippen molar-refractivity contribution in [2.24, 2.45) is 0 Å². The number of unbranched alkanes of at least 4 members (excludes halogenated alkanes) is 14. The van der Waals surface area contributed by atoms with E-state index in [2.05, 4.69) is 6.92 Å². The lowest BCUT2D eigenvalue weighted by Gasteiger charge is -2.21. The van der Waals surface area contributed by atoms with E-state index in [1.165, 1.54) is 96.3 Å². The van der Waals surface area contributed by atoms with Gasteiger partial charge >= 0.3 is 5.97 Å². The second-order valence-corrected chi connectivity index (χ2v) is 7.37. The highest BCUT2D eigenvalue weighted by molar-refractivity contribution is 5.70. The molecule has 24 heavy (non-hydrogen) atoms. The van der Waals surface area contributed by atoms with Gasteiger partial charge in [-0.05, 0) is 6.42 Å². The smallest absolute Gasteiger partial charge is 0.310 e. The van der Waals surface area contributed by atoms with Crippen molar-refractivity contribution in [2.45, 2.75) is 122 Å². The van der Waals surface area contributed by atoms with Crippen LogP contribution in [0.2, 0.25) is 0 Å². The van der Waals surface area contributed by atoms with Gasteiger partial charge in [-0.3, -0.25) is 4.79 Å². The second-order valence-electron chi connectivity index (χ2n) is 7.37. The van der Waals surface area contributed by atoms with Crippen LogP contribution in [-0.2, 0) is 14.3 Å². The maximum absolute atomic E-state index is 11.1. The van der Waals surface area contributed by atoms with E-state index in [1.54, 1.807) is 0 Å². The van der Waals surface area contributed by atoms with Crippen molar-refractivity contribution in [3.8, 4) is 0 Å². The first-order chi connectivity index (χ1) is 11.8. The van der Waals surface area contributed by atoms with Crippen molar-refractivity contribution in [2.75, 3.05) is 6.79 Å². The van der Waals surface area contributed by atoms with Crippen molar-refractivity contribution < 1.29 is 14.3 Å². The van der Waals surface area contributed by atoms with Gasteiger partial charge in [0.2, 0.25) is 0 Å². The minimum atomic E-state index is -0.104. The first-order valence-electron chi connectivity index (χ1n) is 10.6. The van der Waals surface area contributed by atoms with E-state index >= 15 is 0 Å². The fourth-order valence-electron chi connectivity index (χ4n) is 3.43. The molecule has 1 aliphatic rings. The first-order valence-corrected chi connectivity index (χ1v) is 10.6.